The van der Waals surface area contributed by atoms with E-state index in [0.717, 1.165) is 5.69 Å². The number of pyridine rings is 2. The van der Waals surface area contributed by atoms with E-state index in [1.165, 1.54) is 28.9 Å². The fourth-order valence-electron chi connectivity index (χ4n) is 3.84. The molecule has 1 N–H and O–H groups in total. The van der Waals surface area contributed by atoms with Gasteiger partial charge in [-0.15, -0.1) is 0 Å². The summed E-state index contributed by atoms with van der Waals surface area (Å²) in [6, 6.07) is 3.54. The highest BCUT2D eigenvalue weighted by atomic mass is 32.2. The number of hydrogen-bond acceptors (Lipinski definition) is 8. The number of rotatable bonds is 6. The van der Waals surface area contributed by atoms with Crippen molar-refractivity contribution >= 4 is 32.3 Å². The van der Waals surface area contributed by atoms with Crippen molar-refractivity contribution in [3.8, 4) is 11.7 Å². The number of methoxy groups -OCH3 is 1. The Bertz CT molecular complexity index is 1430. The highest BCUT2D eigenvalue weighted by Crippen LogP contribution is 2.32. The summed E-state index contributed by atoms with van der Waals surface area (Å²) in [5, 5.41) is 8.98. The van der Waals surface area contributed by atoms with E-state index in [2.05, 4.69) is 24.9 Å². The van der Waals surface area contributed by atoms with Crippen molar-refractivity contribution in [2.45, 2.75) is 17.5 Å². The van der Waals surface area contributed by atoms with Crippen molar-refractivity contribution in [1.82, 2.24) is 29.5 Å². The SMILES string of the molecule is COc1ncc2cnn(C)c2c1NS(=O)(=O)c1cnn(-c2cc(N3CC[C@H](F)C3)ccn2)c1. The number of ether oxygens (including phenoxy) is 1. The summed E-state index contributed by atoms with van der Waals surface area (Å²) in [6.45, 7) is 0.935. The first-order valence-corrected chi connectivity index (χ1v) is 11.6. The first-order valence-electron chi connectivity index (χ1n) is 10.1. The number of alkyl halides is 1. The van der Waals surface area contributed by atoms with Crippen molar-refractivity contribution < 1.29 is 17.5 Å². The third-order valence-electron chi connectivity index (χ3n) is 5.50. The van der Waals surface area contributed by atoms with Crippen LogP contribution in [0, 0.1) is 0 Å². The normalized spacial score (nSPS) is 16.5. The van der Waals surface area contributed by atoms with Gasteiger partial charge in [-0.2, -0.15) is 10.2 Å². The molecule has 0 spiro atoms. The van der Waals surface area contributed by atoms with E-state index in [1.54, 1.807) is 37.8 Å². The van der Waals surface area contributed by atoms with Crippen LogP contribution >= 0.6 is 0 Å². The van der Waals surface area contributed by atoms with Gasteiger partial charge < -0.3 is 9.64 Å². The van der Waals surface area contributed by atoms with Gasteiger partial charge >= 0.3 is 0 Å². The van der Waals surface area contributed by atoms with Gasteiger partial charge in [0.05, 0.1) is 31.2 Å². The summed E-state index contributed by atoms with van der Waals surface area (Å²) in [4.78, 5) is 10.3. The fraction of sp³-hybridized carbons (Fsp3) is 0.300. The van der Waals surface area contributed by atoms with Crippen molar-refractivity contribution in [2.75, 3.05) is 29.8 Å². The molecule has 1 fully saturated rings. The Morgan fingerprint density at radius 3 is 2.82 bits per heavy atom. The first-order chi connectivity index (χ1) is 15.9. The molecule has 172 valence electrons. The number of hydrogen-bond donors (Lipinski definition) is 1. The van der Waals surface area contributed by atoms with Crippen LogP contribution in [0.5, 0.6) is 5.88 Å². The van der Waals surface area contributed by atoms with E-state index in [0.29, 0.717) is 36.2 Å². The van der Waals surface area contributed by atoms with Gasteiger partial charge in [-0.25, -0.2) is 27.5 Å². The highest BCUT2D eigenvalue weighted by Gasteiger charge is 2.24. The molecular weight excluding hydrogens is 451 g/mol. The molecule has 5 rings (SSSR count). The average Bonchev–Trinajstić information content (AvgIpc) is 3.54. The second kappa shape index (κ2) is 7.99. The number of nitrogens with one attached hydrogen (secondary N) is 1. The van der Waals surface area contributed by atoms with E-state index < -0.39 is 16.2 Å². The van der Waals surface area contributed by atoms with Crippen LogP contribution in [0.3, 0.4) is 0 Å². The van der Waals surface area contributed by atoms with Crippen molar-refractivity contribution in [2.24, 2.45) is 7.05 Å². The van der Waals surface area contributed by atoms with Gasteiger partial charge in [0.15, 0.2) is 5.82 Å². The van der Waals surface area contributed by atoms with Crippen LogP contribution in [0.2, 0.25) is 0 Å². The van der Waals surface area contributed by atoms with Crippen LogP contribution in [0.4, 0.5) is 15.8 Å². The van der Waals surface area contributed by atoms with Crippen molar-refractivity contribution in [3.05, 3.63) is 43.1 Å². The lowest BCUT2D eigenvalue weighted by Gasteiger charge is -2.17. The van der Waals surface area contributed by atoms with E-state index in [1.807, 2.05) is 4.90 Å². The fourth-order valence-corrected chi connectivity index (χ4v) is 4.84. The zero-order valence-corrected chi connectivity index (χ0v) is 18.7. The minimum absolute atomic E-state index is 0.0686. The molecule has 0 radical (unpaired) electrons. The molecule has 0 aliphatic carbocycles. The maximum absolute atomic E-state index is 13.6. The Labute approximate surface area is 188 Å². The maximum atomic E-state index is 13.6. The third kappa shape index (κ3) is 3.84. The minimum Gasteiger partial charge on any atom is -0.479 e. The Morgan fingerprint density at radius 1 is 1.21 bits per heavy atom. The van der Waals surface area contributed by atoms with E-state index in [9.17, 15) is 12.8 Å². The summed E-state index contributed by atoms with van der Waals surface area (Å²) >= 11 is 0. The summed E-state index contributed by atoms with van der Waals surface area (Å²) < 4.78 is 50.6. The minimum atomic E-state index is -4.03. The number of aryl methyl sites for hydroxylation is 1. The lowest BCUT2D eigenvalue weighted by atomic mass is 10.3. The molecule has 1 saturated heterocycles. The average molecular weight is 473 g/mol. The molecule has 0 aromatic carbocycles. The van der Waals surface area contributed by atoms with Gasteiger partial charge in [0.25, 0.3) is 10.0 Å². The van der Waals surface area contributed by atoms with Gasteiger partial charge in [-0.05, 0) is 12.5 Å². The van der Waals surface area contributed by atoms with E-state index in [4.69, 9.17) is 4.74 Å². The second-order valence-corrected chi connectivity index (χ2v) is 9.33. The predicted molar refractivity (Wildman–Crippen MR) is 119 cm³/mol. The molecule has 4 aromatic rings. The Kier molecular flexibility index (Phi) is 5.12. The molecule has 0 unspecified atom stereocenters. The molecule has 13 heteroatoms. The lowest BCUT2D eigenvalue weighted by molar-refractivity contribution is 0.364. The van der Waals surface area contributed by atoms with Gasteiger partial charge in [0.2, 0.25) is 5.88 Å². The van der Waals surface area contributed by atoms with Crippen LogP contribution in [0.15, 0.2) is 48.0 Å². The standard InChI is InChI=1S/C20H21FN8O3S/c1-27-19-13(9-24-27)8-23-20(32-2)18(19)26-33(30,31)16-10-25-29(12-16)17-7-15(3-5-22-17)28-6-4-14(21)11-28/h3,5,7-10,12,14,26H,4,6,11H2,1-2H3/t14-/m0/s1. The van der Waals surface area contributed by atoms with E-state index >= 15 is 0 Å². The summed E-state index contributed by atoms with van der Waals surface area (Å²) in [5.41, 5.74) is 1.51. The molecule has 5 heterocycles. The number of halogens is 1. The van der Waals surface area contributed by atoms with Crippen LogP contribution in [-0.4, -0.2) is 64.3 Å². The number of anilines is 2. The van der Waals surface area contributed by atoms with Crippen molar-refractivity contribution in [1.29, 1.82) is 0 Å². The smallest absolute Gasteiger partial charge is 0.265 e. The molecule has 0 saturated carbocycles. The molecule has 1 aliphatic heterocycles. The first kappa shape index (κ1) is 21.1. The van der Waals surface area contributed by atoms with Crippen LogP contribution in [0.25, 0.3) is 16.7 Å². The number of aromatic nitrogens is 6. The zero-order valence-electron chi connectivity index (χ0n) is 17.9. The quantitative estimate of drug-likeness (QED) is 0.452. The van der Waals surface area contributed by atoms with Crippen LogP contribution in [0.1, 0.15) is 6.42 Å². The zero-order chi connectivity index (χ0) is 23.2. The van der Waals surface area contributed by atoms with E-state index in [-0.39, 0.29) is 16.5 Å². The predicted octanol–water partition coefficient (Wildman–Crippen LogP) is 1.91. The summed E-state index contributed by atoms with van der Waals surface area (Å²) in [6.07, 6.45) is 6.94. The molecule has 0 bridgehead atoms. The van der Waals surface area contributed by atoms with Gasteiger partial charge in [-0.3, -0.25) is 9.40 Å². The second-order valence-electron chi connectivity index (χ2n) is 7.64. The molecule has 11 nitrogen and oxygen atoms in total. The number of sulfonamides is 1. The molecule has 1 aliphatic rings. The summed E-state index contributed by atoms with van der Waals surface area (Å²) in [7, 11) is -0.931. The monoisotopic (exact) mass is 472 g/mol. The molecule has 1 atom stereocenters. The molecule has 0 amide bonds. The lowest BCUT2D eigenvalue weighted by Crippen LogP contribution is -2.20. The molecular formula is C20H21FN8O3S. The maximum Gasteiger partial charge on any atom is 0.265 e. The topological polar surface area (TPSA) is 120 Å². The number of nitrogens with zero attached hydrogens (tertiary/aromatic N) is 7. The van der Waals surface area contributed by atoms with Gasteiger partial charge in [-0.1, -0.05) is 0 Å². The largest absolute Gasteiger partial charge is 0.479 e. The Hall–Kier alpha value is -3.74. The molecule has 4 aromatic heterocycles. The Morgan fingerprint density at radius 2 is 2.06 bits per heavy atom. The third-order valence-corrected chi connectivity index (χ3v) is 6.80. The van der Waals surface area contributed by atoms with Gasteiger partial charge in [0.1, 0.15) is 16.8 Å². The highest BCUT2D eigenvalue weighted by molar-refractivity contribution is 7.92. The van der Waals surface area contributed by atoms with Crippen LogP contribution in [-0.2, 0) is 17.1 Å². The Balaban J connectivity index is 1.46. The van der Waals surface area contributed by atoms with Crippen LogP contribution < -0.4 is 14.4 Å². The number of fused-ring (bicyclic) bond motifs is 1. The van der Waals surface area contributed by atoms with Gasteiger partial charge in [0, 0.05) is 49.7 Å². The molecule has 33 heavy (non-hydrogen) atoms. The van der Waals surface area contributed by atoms with Crippen molar-refractivity contribution in [3.63, 3.8) is 0 Å². The summed E-state index contributed by atoms with van der Waals surface area (Å²) in [5.74, 6) is 0.539.